The lowest BCUT2D eigenvalue weighted by Gasteiger charge is -2.09. The molecule has 2 N–H and O–H groups in total. The van der Waals surface area contributed by atoms with Crippen LogP contribution in [-0.2, 0) is 0 Å². The minimum atomic E-state index is -0.171. The van der Waals surface area contributed by atoms with Gasteiger partial charge in [-0.25, -0.2) is 4.98 Å². The van der Waals surface area contributed by atoms with Gasteiger partial charge in [0.05, 0.1) is 0 Å². The van der Waals surface area contributed by atoms with Gasteiger partial charge >= 0.3 is 0 Å². The Kier molecular flexibility index (Phi) is 4.91. The molecule has 0 atom stereocenters. The monoisotopic (exact) mass is 381 g/mol. The quantitative estimate of drug-likeness (QED) is 0.656. The van der Waals surface area contributed by atoms with E-state index in [4.69, 9.17) is 0 Å². The largest absolute Gasteiger partial charge is 0.340 e. The van der Waals surface area contributed by atoms with Crippen LogP contribution in [0.4, 0.5) is 17.2 Å². The van der Waals surface area contributed by atoms with Crippen LogP contribution in [0.5, 0.6) is 0 Å². The summed E-state index contributed by atoms with van der Waals surface area (Å²) in [6, 6.07) is 18.8. The maximum Gasteiger partial charge on any atom is 0.255 e. The minimum absolute atomic E-state index is 0.171. The van der Waals surface area contributed by atoms with Crippen LogP contribution >= 0.6 is 15.9 Å². The van der Waals surface area contributed by atoms with Gasteiger partial charge in [-0.1, -0.05) is 34.1 Å². The number of anilines is 3. The Morgan fingerprint density at radius 1 is 1.00 bits per heavy atom. The van der Waals surface area contributed by atoms with E-state index in [2.05, 4.69) is 31.5 Å². The van der Waals surface area contributed by atoms with Crippen LogP contribution in [0.1, 0.15) is 15.9 Å². The molecule has 0 saturated carbocycles. The van der Waals surface area contributed by atoms with Gasteiger partial charge in [-0.15, -0.1) is 0 Å². The molecule has 1 amide bonds. The topological polar surface area (TPSA) is 54.0 Å². The van der Waals surface area contributed by atoms with Crippen LogP contribution in [0.25, 0.3) is 0 Å². The van der Waals surface area contributed by atoms with Crippen molar-refractivity contribution in [2.75, 3.05) is 10.6 Å². The lowest BCUT2D eigenvalue weighted by Crippen LogP contribution is -2.12. The molecule has 0 saturated heterocycles. The van der Waals surface area contributed by atoms with Crippen LogP contribution in [0.3, 0.4) is 0 Å². The van der Waals surface area contributed by atoms with E-state index in [0.717, 1.165) is 21.4 Å². The van der Waals surface area contributed by atoms with Crippen molar-refractivity contribution < 1.29 is 4.79 Å². The first kappa shape index (κ1) is 16.2. The van der Waals surface area contributed by atoms with Crippen molar-refractivity contribution in [3.63, 3.8) is 0 Å². The third-order valence-corrected chi connectivity index (χ3v) is 4.37. The van der Waals surface area contributed by atoms with Crippen molar-refractivity contribution in [3.8, 4) is 0 Å². The molecule has 0 spiro atoms. The number of halogens is 1. The van der Waals surface area contributed by atoms with Crippen molar-refractivity contribution in [1.29, 1.82) is 0 Å². The molecule has 24 heavy (non-hydrogen) atoms. The van der Waals surface area contributed by atoms with E-state index in [-0.39, 0.29) is 5.91 Å². The zero-order valence-electron chi connectivity index (χ0n) is 13.1. The van der Waals surface area contributed by atoms with E-state index in [1.807, 2.05) is 55.5 Å². The molecule has 0 unspecified atom stereocenters. The molecular weight excluding hydrogens is 366 g/mol. The maximum absolute atomic E-state index is 12.4. The molecule has 0 aliphatic carbocycles. The van der Waals surface area contributed by atoms with E-state index >= 15 is 0 Å². The summed E-state index contributed by atoms with van der Waals surface area (Å²) < 4.78 is 1.01. The number of aromatic nitrogens is 1. The average molecular weight is 382 g/mol. The molecule has 2 aromatic carbocycles. The van der Waals surface area contributed by atoms with Gasteiger partial charge < -0.3 is 10.6 Å². The zero-order valence-corrected chi connectivity index (χ0v) is 14.7. The molecule has 3 aromatic rings. The highest BCUT2D eigenvalue weighted by Crippen LogP contribution is 2.21. The van der Waals surface area contributed by atoms with E-state index in [1.165, 1.54) is 0 Å². The van der Waals surface area contributed by atoms with Crippen LogP contribution in [-0.4, -0.2) is 10.9 Å². The zero-order chi connectivity index (χ0) is 16.9. The summed E-state index contributed by atoms with van der Waals surface area (Å²) >= 11 is 3.45. The number of hydrogen-bond donors (Lipinski definition) is 2. The number of nitrogens with zero attached hydrogens (tertiary/aromatic N) is 1. The molecular formula is C19H16BrN3O. The van der Waals surface area contributed by atoms with E-state index in [9.17, 15) is 4.79 Å². The summed E-state index contributed by atoms with van der Waals surface area (Å²) in [6.45, 7) is 1.98. The van der Waals surface area contributed by atoms with E-state index in [1.54, 1.807) is 18.3 Å². The number of pyridine rings is 1. The van der Waals surface area contributed by atoms with E-state index < -0.39 is 0 Å². The standard InChI is InChI=1S/C19H16BrN3O/c1-13-11-16(7-8-17(13)20)23-19(24)14-9-10-21-18(12-14)22-15-5-3-2-4-6-15/h2-12H,1H3,(H,21,22)(H,23,24). The molecule has 4 nitrogen and oxygen atoms in total. The lowest BCUT2D eigenvalue weighted by molar-refractivity contribution is 0.102. The molecule has 1 heterocycles. The predicted molar refractivity (Wildman–Crippen MR) is 101 cm³/mol. The highest BCUT2D eigenvalue weighted by atomic mass is 79.9. The van der Waals surface area contributed by atoms with Gasteiger partial charge in [-0.05, 0) is 55.0 Å². The highest BCUT2D eigenvalue weighted by Gasteiger charge is 2.08. The lowest BCUT2D eigenvalue weighted by atomic mass is 10.2. The molecule has 0 aliphatic heterocycles. The molecule has 1 aromatic heterocycles. The van der Waals surface area contributed by atoms with Crippen molar-refractivity contribution in [2.24, 2.45) is 0 Å². The molecule has 120 valence electrons. The fourth-order valence-electron chi connectivity index (χ4n) is 2.24. The summed E-state index contributed by atoms with van der Waals surface area (Å²) in [4.78, 5) is 16.7. The Balaban J connectivity index is 1.75. The van der Waals surface area contributed by atoms with Crippen molar-refractivity contribution in [1.82, 2.24) is 4.98 Å². The maximum atomic E-state index is 12.4. The number of hydrogen-bond acceptors (Lipinski definition) is 3. The molecule has 3 rings (SSSR count). The minimum Gasteiger partial charge on any atom is -0.340 e. The number of benzene rings is 2. The Labute approximate surface area is 149 Å². The number of nitrogens with one attached hydrogen (secondary N) is 2. The fourth-order valence-corrected chi connectivity index (χ4v) is 2.48. The van der Waals surface area contributed by atoms with Gasteiger partial charge in [-0.2, -0.15) is 0 Å². The number of carbonyl (C=O) groups is 1. The normalized spacial score (nSPS) is 10.2. The van der Waals surface area contributed by atoms with Gasteiger partial charge in [-0.3, -0.25) is 4.79 Å². The summed E-state index contributed by atoms with van der Waals surface area (Å²) in [5, 5.41) is 6.08. The van der Waals surface area contributed by atoms with Crippen molar-refractivity contribution in [2.45, 2.75) is 6.92 Å². The summed E-state index contributed by atoms with van der Waals surface area (Å²) in [6.07, 6.45) is 1.62. The number of aryl methyl sites for hydroxylation is 1. The summed E-state index contributed by atoms with van der Waals surface area (Å²) in [5.41, 5.74) is 3.29. The second kappa shape index (κ2) is 7.27. The number of amides is 1. The van der Waals surface area contributed by atoms with Gasteiger partial charge in [0.2, 0.25) is 0 Å². The molecule has 0 aliphatic rings. The molecule has 0 fully saturated rings. The number of para-hydroxylation sites is 1. The summed E-state index contributed by atoms with van der Waals surface area (Å²) in [7, 11) is 0. The molecule has 5 heteroatoms. The van der Waals surface area contributed by atoms with Crippen LogP contribution in [0.2, 0.25) is 0 Å². The predicted octanol–water partition coefficient (Wildman–Crippen LogP) is 5.15. The third-order valence-electron chi connectivity index (χ3n) is 3.48. The molecule has 0 bridgehead atoms. The van der Waals surface area contributed by atoms with Crippen LogP contribution in [0.15, 0.2) is 71.3 Å². The second-order valence-corrected chi connectivity index (χ2v) is 6.19. The third kappa shape index (κ3) is 4.00. The van der Waals surface area contributed by atoms with Gasteiger partial charge in [0.15, 0.2) is 0 Å². The van der Waals surface area contributed by atoms with Crippen molar-refractivity contribution in [3.05, 3.63) is 82.5 Å². The Morgan fingerprint density at radius 2 is 1.79 bits per heavy atom. The van der Waals surface area contributed by atoms with Crippen LogP contribution < -0.4 is 10.6 Å². The van der Waals surface area contributed by atoms with Gasteiger partial charge in [0, 0.05) is 27.6 Å². The number of rotatable bonds is 4. The van der Waals surface area contributed by atoms with Gasteiger partial charge in [0.25, 0.3) is 5.91 Å². The summed E-state index contributed by atoms with van der Waals surface area (Å²) in [5.74, 6) is 0.455. The van der Waals surface area contributed by atoms with Gasteiger partial charge in [0.1, 0.15) is 5.82 Å². The van der Waals surface area contributed by atoms with Crippen molar-refractivity contribution >= 4 is 39.0 Å². The Hall–Kier alpha value is -2.66. The van der Waals surface area contributed by atoms with Crippen LogP contribution in [0, 0.1) is 6.92 Å². The second-order valence-electron chi connectivity index (χ2n) is 5.34. The fraction of sp³-hybridized carbons (Fsp3) is 0.0526. The Morgan fingerprint density at radius 3 is 2.54 bits per heavy atom. The average Bonchev–Trinajstić information content (AvgIpc) is 2.59. The SMILES string of the molecule is Cc1cc(NC(=O)c2ccnc(Nc3ccccc3)c2)ccc1Br. The molecule has 0 radical (unpaired) electrons. The smallest absolute Gasteiger partial charge is 0.255 e. The highest BCUT2D eigenvalue weighted by molar-refractivity contribution is 9.10. The number of carbonyl (C=O) groups excluding carboxylic acids is 1. The van der Waals surface area contributed by atoms with E-state index in [0.29, 0.717) is 11.4 Å². The first-order chi connectivity index (χ1) is 11.6. The Bertz CT molecular complexity index is 865. The first-order valence-corrected chi connectivity index (χ1v) is 8.27. The first-order valence-electron chi connectivity index (χ1n) is 7.47.